The predicted molar refractivity (Wildman–Crippen MR) is 98.6 cm³/mol. The minimum Gasteiger partial charge on any atom is -0.435 e. The van der Waals surface area contributed by atoms with Gasteiger partial charge in [-0.05, 0) is 36.4 Å². The molecule has 2 aromatic carbocycles. The van der Waals surface area contributed by atoms with E-state index in [9.17, 15) is 9.18 Å². The molecule has 0 radical (unpaired) electrons. The molecule has 1 aliphatic heterocycles. The summed E-state index contributed by atoms with van der Waals surface area (Å²) in [5.74, 6) is 1.12. The SMILES string of the molecule is O=C(c1ccccc1)N1CC[NH+](Cc2ncc(-c3ccc(F)cc3)o2)CC1. The van der Waals surface area contributed by atoms with E-state index in [1.165, 1.54) is 17.0 Å². The van der Waals surface area contributed by atoms with Crippen LogP contribution >= 0.6 is 0 Å². The number of halogens is 1. The quantitative estimate of drug-likeness (QED) is 0.769. The van der Waals surface area contributed by atoms with Crippen molar-refractivity contribution in [2.24, 2.45) is 0 Å². The van der Waals surface area contributed by atoms with Crippen molar-refractivity contribution in [3.63, 3.8) is 0 Å². The van der Waals surface area contributed by atoms with Gasteiger partial charge in [0.25, 0.3) is 11.8 Å². The first-order valence-corrected chi connectivity index (χ1v) is 9.07. The van der Waals surface area contributed by atoms with E-state index in [0.29, 0.717) is 31.3 Å². The molecule has 1 fully saturated rings. The van der Waals surface area contributed by atoms with Crippen LogP contribution in [-0.2, 0) is 6.54 Å². The van der Waals surface area contributed by atoms with Gasteiger partial charge in [-0.2, -0.15) is 0 Å². The summed E-state index contributed by atoms with van der Waals surface area (Å²) in [4.78, 5) is 20.1. The average Bonchev–Trinajstić information content (AvgIpc) is 3.18. The lowest BCUT2D eigenvalue weighted by molar-refractivity contribution is -0.918. The second kappa shape index (κ2) is 7.72. The number of oxazole rings is 1. The third-order valence-electron chi connectivity index (χ3n) is 4.86. The second-order valence-electron chi connectivity index (χ2n) is 6.71. The van der Waals surface area contributed by atoms with Gasteiger partial charge >= 0.3 is 0 Å². The number of nitrogens with zero attached hydrogens (tertiary/aromatic N) is 2. The van der Waals surface area contributed by atoms with Gasteiger partial charge < -0.3 is 14.2 Å². The summed E-state index contributed by atoms with van der Waals surface area (Å²) in [6, 6.07) is 15.6. The summed E-state index contributed by atoms with van der Waals surface area (Å²) in [5.41, 5.74) is 1.54. The third-order valence-corrected chi connectivity index (χ3v) is 4.86. The molecule has 1 aliphatic rings. The molecule has 27 heavy (non-hydrogen) atoms. The predicted octanol–water partition coefficient (Wildman–Crippen LogP) is 2.02. The lowest BCUT2D eigenvalue weighted by Crippen LogP contribution is -3.13. The Balaban J connectivity index is 1.33. The number of piperazine rings is 1. The Hall–Kier alpha value is -2.99. The molecule has 0 aliphatic carbocycles. The van der Waals surface area contributed by atoms with Gasteiger partial charge in [-0.1, -0.05) is 18.2 Å². The highest BCUT2D eigenvalue weighted by Crippen LogP contribution is 2.20. The van der Waals surface area contributed by atoms with Gasteiger partial charge in [0.2, 0.25) is 0 Å². The van der Waals surface area contributed by atoms with Crippen molar-refractivity contribution in [3.8, 4) is 11.3 Å². The average molecular weight is 366 g/mol. The van der Waals surface area contributed by atoms with Gasteiger partial charge in [0.05, 0.1) is 32.4 Å². The summed E-state index contributed by atoms with van der Waals surface area (Å²) in [6.07, 6.45) is 1.68. The van der Waals surface area contributed by atoms with Crippen LogP contribution in [0.4, 0.5) is 4.39 Å². The van der Waals surface area contributed by atoms with Crippen molar-refractivity contribution in [2.45, 2.75) is 6.54 Å². The van der Waals surface area contributed by atoms with Crippen LogP contribution in [0.15, 0.2) is 65.2 Å². The number of hydrogen-bond acceptors (Lipinski definition) is 3. The maximum atomic E-state index is 13.0. The molecule has 1 aromatic heterocycles. The van der Waals surface area contributed by atoms with E-state index < -0.39 is 0 Å². The molecule has 3 aromatic rings. The number of aromatic nitrogens is 1. The summed E-state index contributed by atoms with van der Waals surface area (Å²) in [6.45, 7) is 3.82. The van der Waals surface area contributed by atoms with Crippen LogP contribution in [0.2, 0.25) is 0 Å². The fourth-order valence-electron chi connectivity index (χ4n) is 3.32. The summed E-state index contributed by atoms with van der Waals surface area (Å²) < 4.78 is 18.9. The zero-order chi connectivity index (χ0) is 18.6. The molecule has 0 atom stereocenters. The maximum absolute atomic E-state index is 13.0. The van der Waals surface area contributed by atoms with E-state index in [0.717, 1.165) is 24.2 Å². The van der Waals surface area contributed by atoms with Gasteiger partial charge in [-0.15, -0.1) is 0 Å². The van der Waals surface area contributed by atoms with Crippen LogP contribution in [0.1, 0.15) is 16.2 Å². The van der Waals surface area contributed by atoms with Crippen molar-refractivity contribution < 1.29 is 18.5 Å². The van der Waals surface area contributed by atoms with Crippen LogP contribution in [0.5, 0.6) is 0 Å². The van der Waals surface area contributed by atoms with Crippen molar-refractivity contribution in [1.82, 2.24) is 9.88 Å². The van der Waals surface area contributed by atoms with Crippen molar-refractivity contribution in [1.29, 1.82) is 0 Å². The second-order valence-corrected chi connectivity index (χ2v) is 6.71. The Labute approximate surface area is 157 Å². The summed E-state index contributed by atoms with van der Waals surface area (Å²) in [7, 11) is 0. The van der Waals surface area contributed by atoms with Crippen LogP contribution in [0.3, 0.4) is 0 Å². The molecule has 0 bridgehead atoms. The minimum atomic E-state index is -0.272. The van der Waals surface area contributed by atoms with Gasteiger partial charge in [0, 0.05) is 11.1 Å². The van der Waals surface area contributed by atoms with E-state index in [4.69, 9.17) is 4.42 Å². The lowest BCUT2D eigenvalue weighted by atomic mass is 10.2. The molecule has 1 N–H and O–H groups in total. The van der Waals surface area contributed by atoms with Crippen molar-refractivity contribution >= 4 is 5.91 Å². The molecule has 0 saturated carbocycles. The Morgan fingerprint density at radius 3 is 2.48 bits per heavy atom. The molecule has 0 unspecified atom stereocenters. The highest BCUT2D eigenvalue weighted by Gasteiger charge is 2.25. The molecule has 6 heteroatoms. The molecule has 138 valence electrons. The monoisotopic (exact) mass is 366 g/mol. The van der Waals surface area contributed by atoms with Gasteiger partial charge in [-0.25, -0.2) is 9.37 Å². The molecule has 5 nitrogen and oxygen atoms in total. The minimum absolute atomic E-state index is 0.0874. The van der Waals surface area contributed by atoms with Crippen LogP contribution in [-0.4, -0.2) is 42.0 Å². The fraction of sp³-hybridized carbons (Fsp3) is 0.238. The first-order valence-electron chi connectivity index (χ1n) is 9.07. The summed E-state index contributed by atoms with van der Waals surface area (Å²) in [5, 5.41) is 0. The van der Waals surface area contributed by atoms with Gasteiger partial charge in [0.1, 0.15) is 5.82 Å². The first kappa shape index (κ1) is 17.4. The number of nitrogens with one attached hydrogen (secondary N) is 1. The zero-order valence-corrected chi connectivity index (χ0v) is 14.9. The lowest BCUT2D eigenvalue weighted by Gasteiger charge is -2.31. The molecule has 1 amide bonds. The Kier molecular flexibility index (Phi) is 4.98. The number of carbonyl (C=O) groups is 1. The van der Waals surface area contributed by atoms with Gasteiger partial charge in [0.15, 0.2) is 12.3 Å². The number of hydrogen-bond donors (Lipinski definition) is 1. The third kappa shape index (κ3) is 4.06. The Morgan fingerprint density at radius 2 is 1.78 bits per heavy atom. The highest BCUT2D eigenvalue weighted by molar-refractivity contribution is 5.94. The van der Waals surface area contributed by atoms with E-state index in [1.54, 1.807) is 18.3 Å². The molecule has 2 heterocycles. The topological polar surface area (TPSA) is 50.8 Å². The maximum Gasteiger partial charge on any atom is 0.254 e. The largest absolute Gasteiger partial charge is 0.435 e. The van der Waals surface area contributed by atoms with Gasteiger partial charge in [-0.3, -0.25) is 4.79 Å². The standard InChI is InChI=1S/C21H20FN3O2/c22-18-8-6-16(7-9-18)19-14-23-20(27-19)15-24-10-12-25(13-11-24)21(26)17-4-2-1-3-5-17/h1-9,14H,10-13,15H2/p+1. The van der Waals surface area contributed by atoms with Crippen molar-refractivity contribution in [2.75, 3.05) is 26.2 Å². The molecule has 4 rings (SSSR count). The first-order chi connectivity index (χ1) is 13.2. The fourth-order valence-corrected chi connectivity index (χ4v) is 3.32. The Bertz CT molecular complexity index is 901. The molecular formula is C21H21FN3O2+. The van der Waals surface area contributed by atoms with E-state index in [-0.39, 0.29) is 11.7 Å². The van der Waals surface area contributed by atoms with Crippen LogP contribution in [0, 0.1) is 5.82 Å². The number of amides is 1. The highest BCUT2D eigenvalue weighted by atomic mass is 19.1. The number of quaternary nitrogens is 1. The van der Waals surface area contributed by atoms with E-state index in [2.05, 4.69) is 4.98 Å². The summed E-state index contributed by atoms with van der Waals surface area (Å²) >= 11 is 0. The normalized spacial score (nSPS) is 15.1. The molecular weight excluding hydrogens is 345 g/mol. The van der Waals surface area contributed by atoms with E-state index >= 15 is 0 Å². The zero-order valence-electron chi connectivity index (χ0n) is 14.9. The smallest absolute Gasteiger partial charge is 0.254 e. The number of benzene rings is 2. The molecule has 1 saturated heterocycles. The van der Waals surface area contributed by atoms with E-state index in [1.807, 2.05) is 35.2 Å². The Morgan fingerprint density at radius 1 is 1.07 bits per heavy atom. The van der Waals surface area contributed by atoms with Crippen LogP contribution in [0.25, 0.3) is 11.3 Å². The number of rotatable bonds is 4. The molecule has 0 spiro atoms. The van der Waals surface area contributed by atoms with Crippen molar-refractivity contribution in [3.05, 3.63) is 78.1 Å². The van der Waals surface area contributed by atoms with Crippen LogP contribution < -0.4 is 4.90 Å². The number of carbonyl (C=O) groups excluding carboxylic acids is 1.